The van der Waals surface area contributed by atoms with Crippen molar-refractivity contribution < 1.29 is 22.4 Å². The number of carbonyl (C=O) groups is 2. The lowest BCUT2D eigenvalue weighted by atomic mass is 10.1. The molecule has 0 fully saturated rings. The number of anilines is 2. The first kappa shape index (κ1) is 22.0. The molecule has 4 rings (SSSR count). The smallest absolute Gasteiger partial charge is 0.259 e. The van der Waals surface area contributed by atoms with Crippen LogP contribution in [-0.4, -0.2) is 38.0 Å². The predicted octanol–water partition coefficient (Wildman–Crippen LogP) is 3.76. The largest absolute Gasteiger partial charge is 0.326 e. The summed E-state index contributed by atoms with van der Waals surface area (Å²) in [5.74, 6) is -1.72. The summed E-state index contributed by atoms with van der Waals surface area (Å²) in [6.07, 6.45) is 1.37. The fourth-order valence-electron chi connectivity index (χ4n) is 3.18. The van der Waals surface area contributed by atoms with Crippen LogP contribution in [-0.2, 0) is 14.6 Å². The summed E-state index contributed by atoms with van der Waals surface area (Å²) in [5, 5.41) is 3.34. The number of hydrogen-bond acceptors (Lipinski definition) is 6. The van der Waals surface area contributed by atoms with Gasteiger partial charge in [-0.2, -0.15) is 0 Å². The Morgan fingerprint density at radius 3 is 2.66 bits per heavy atom. The molecule has 0 saturated carbocycles. The van der Waals surface area contributed by atoms with Crippen LogP contribution in [0.5, 0.6) is 0 Å². The lowest BCUT2D eigenvalue weighted by Gasteiger charge is -2.16. The molecule has 3 aromatic rings. The number of benzene rings is 2. The highest BCUT2D eigenvalue weighted by Gasteiger charge is 2.26. The van der Waals surface area contributed by atoms with Crippen LogP contribution in [0.2, 0.25) is 0 Å². The Morgan fingerprint density at radius 2 is 1.91 bits per heavy atom. The minimum atomic E-state index is -3.73. The second kappa shape index (κ2) is 8.71. The molecule has 1 N–H and O–H groups in total. The van der Waals surface area contributed by atoms with Crippen LogP contribution in [0.15, 0.2) is 75.6 Å². The Hall–Kier alpha value is -3.24. The minimum absolute atomic E-state index is 0.0458. The summed E-state index contributed by atoms with van der Waals surface area (Å²) in [4.78, 5) is 31.8. The van der Waals surface area contributed by atoms with Crippen molar-refractivity contribution in [1.29, 1.82) is 0 Å². The Morgan fingerprint density at radius 1 is 1.16 bits per heavy atom. The standard InChI is InChI=1S/C22H18FN3O4S2/c1-26-18-3-2-11-24-21(18)31-19-9-6-15(13-17(19)22(26)28)25-20(27)10-12-32(29,30)16-7-4-14(23)5-8-16/h2-9,11,13H,10,12H2,1H3,(H,25,27). The molecule has 1 aliphatic heterocycles. The molecule has 1 aliphatic rings. The zero-order valence-corrected chi connectivity index (χ0v) is 18.5. The number of sulfone groups is 1. The van der Waals surface area contributed by atoms with Crippen LogP contribution in [0.1, 0.15) is 16.8 Å². The van der Waals surface area contributed by atoms with Gasteiger partial charge < -0.3 is 10.2 Å². The maximum absolute atomic E-state index is 13.0. The Bertz CT molecular complexity index is 1310. The summed E-state index contributed by atoms with van der Waals surface area (Å²) in [5.41, 5.74) is 1.48. The third-order valence-electron chi connectivity index (χ3n) is 4.89. The van der Waals surface area contributed by atoms with Gasteiger partial charge in [0.25, 0.3) is 5.91 Å². The summed E-state index contributed by atoms with van der Waals surface area (Å²) in [7, 11) is -2.07. The average molecular weight is 472 g/mol. The predicted molar refractivity (Wildman–Crippen MR) is 119 cm³/mol. The Labute approximate surface area is 188 Å². The lowest BCUT2D eigenvalue weighted by Crippen LogP contribution is -2.26. The zero-order valence-electron chi connectivity index (χ0n) is 16.9. The number of aromatic nitrogens is 1. The van der Waals surface area contributed by atoms with Crippen molar-refractivity contribution in [3.8, 4) is 0 Å². The van der Waals surface area contributed by atoms with E-state index in [-0.39, 0.29) is 17.2 Å². The zero-order chi connectivity index (χ0) is 22.9. The monoisotopic (exact) mass is 471 g/mol. The van der Waals surface area contributed by atoms with Crippen molar-refractivity contribution in [2.45, 2.75) is 21.2 Å². The third-order valence-corrected chi connectivity index (χ3v) is 7.70. The van der Waals surface area contributed by atoms with E-state index < -0.39 is 27.3 Å². The number of nitrogens with one attached hydrogen (secondary N) is 1. The second-order valence-corrected chi connectivity index (χ2v) is 10.2. The van der Waals surface area contributed by atoms with Crippen molar-refractivity contribution in [2.75, 3.05) is 23.0 Å². The van der Waals surface area contributed by atoms with Crippen molar-refractivity contribution in [3.05, 3.63) is 72.2 Å². The van der Waals surface area contributed by atoms with Gasteiger partial charge in [0.1, 0.15) is 10.8 Å². The summed E-state index contributed by atoms with van der Waals surface area (Å²) in [6.45, 7) is 0. The summed E-state index contributed by atoms with van der Waals surface area (Å²) in [6, 6.07) is 13.0. The molecule has 7 nitrogen and oxygen atoms in total. The van der Waals surface area contributed by atoms with E-state index in [0.717, 1.165) is 12.1 Å². The van der Waals surface area contributed by atoms with Gasteiger partial charge in [-0.25, -0.2) is 17.8 Å². The molecule has 0 atom stereocenters. The highest BCUT2D eigenvalue weighted by atomic mass is 32.2. The first-order valence-corrected chi connectivity index (χ1v) is 12.0. The van der Waals surface area contributed by atoms with Gasteiger partial charge in [0, 0.05) is 30.2 Å². The molecule has 0 radical (unpaired) electrons. The topological polar surface area (TPSA) is 96.4 Å². The molecule has 2 heterocycles. The normalized spacial score (nSPS) is 13.2. The second-order valence-electron chi connectivity index (χ2n) is 7.08. The van der Waals surface area contributed by atoms with E-state index in [4.69, 9.17) is 0 Å². The molecule has 0 saturated heterocycles. The first-order chi connectivity index (χ1) is 15.2. The quantitative estimate of drug-likeness (QED) is 0.569. The fourth-order valence-corrected chi connectivity index (χ4v) is 5.45. The van der Waals surface area contributed by atoms with Crippen molar-refractivity contribution in [1.82, 2.24) is 4.98 Å². The number of amides is 2. The van der Waals surface area contributed by atoms with E-state index in [2.05, 4.69) is 10.3 Å². The number of pyridine rings is 1. The van der Waals surface area contributed by atoms with E-state index in [0.29, 0.717) is 26.9 Å². The molecule has 0 unspecified atom stereocenters. The molecule has 164 valence electrons. The molecule has 1 aromatic heterocycles. The molecular formula is C22H18FN3O4S2. The number of rotatable bonds is 5. The number of nitrogens with zero attached hydrogens (tertiary/aromatic N) is 2. The highest BCUT2D eigenvalue weighted by molar-refractivity contribution is 7.99. The van der Waals surface area contributed by atoms with Gasteiger partial charge in [-0.05, 0) is 54.6 Å². The maximum atomic E-state index is 13.0. The van der Waals surface area contributed by atoms with Gasteiger partial charge in [0.2, 0.25) is 5.91 Å². The molecule has 0 aliphatic carbocycles. The van der Waals surface area contributed by atoms with Gasteiger partial charge in [-0.15, -0.1) is 0 Å². The van der Waals surface area contributed by atoms with Crippen LogP contribution in [0.4, 0.5) is 15.8 Å². The number of hydrogen-bond donors (Lipinski definition) is 1. The number of halogens is 1. The molecule has 2 amide bonds. The van der Waals surface area contributed by atoms with Gasteiger partial charge in [-0.1, -0.05) is 11.8 Å². The van der Waals surface area contributed by atoms with Crippen LogP contribution >= 0.6 is 11.8 Å². The number of carbonyl (C=O) groups excluding carboxylic acids is 2. The van der Waals surface area contributed by atoms with Crippen LogP contribution in [0.3, 0.4) is 0 Å². The van der Waals surface area contributed by atoms with E-state index in [1.165, 1.54) is 28.8 Å². The minimum Gasteiger partial charge on any atom is -0.326 e. The van der Waals surface area contributed by atoms with Crippen molar-refractivity contribution >= 4 is 44.8 Å². The highest BCUT2D eigenvalue weighted by Crippen LogP contribution is 2.40. The van der Waals surface area contributed by atoms with Gasteiger partial charge >= 0.3 is 0 Å². The Kier molecular flexibility index (Phi) is 5.98. The molecule has 0 spiro atoms. The third kappa shape index (κ3) is 4.51. The molecule has 32 heavy (non-hydrogen) atoms. The summed E-state index contributed by atoms with van der Waals surface area (Å²) < 4.78 is 37.7. The first-order valence-electron chi connectivity index (χ1n) is 9.58. The van der Waals surface area contributed by atoms with E-state index in [9.17, 15) is 22.4 Å². The van der Waals surface area contributed by atoms with Gasteiger partial charge in [0.15, 0.2) is 9.84 Å². The van der Waals surface area contributed by atoms with Crippen LogP contribution < -0.4 is 10.2 Å². The van der Waals surface area contributed by atoms with Crippen molar-refractivity contribution in [2.24, 2.45) is 0 Å². The fraction of sp³-hybridized carbons (Fsp3) is 0.136. The average Bonchev–Trinajstić information content (AvgIpc) is 2.88. The van der Waals surface area contributed by atoms with Crippen LogP contribution in [0, 0.1) is 5.82 Å². The number of fused-ring (bicyclic) bond motifs is 2. The SMILES string of the molecule is CN1C(=O)c2cc(NC(=O)CCS(=O)(=O)c3ccc(F)cc3)ccc2Sc2ncccc21. The van der Waals surface area contributed by atoms with Crippen LogP contribution in [0.25, 0.3) is 0 Å². The van der Waals surface area contributed by atoms with E-state index in [1.807, 2.05) is 6.07 Å². The van der Waals surface area contributed by atoms with Crippen molar-refractivity contribution in [3.63, 3.8) is 0 Å². The molecule has 0 bridgehead atoms. The lowest BCUT2D eigenvalue weighted by molar-refractivity contribution is -0.115. The Balaban J connectivity index is 1.47. The molecule has 2 aromatic carbocycles. The van der Waals surface area contributed by atoms with Gasteiger partial charge in [-0.3, -0.25) is 9.59 Å². The molecule has 10 heteroatoms. The van der Waals surface area contributed by atoms with E-state index in [1.54, 1.807) is 37.5 Å². The van der Waals surface area contributed by atoms with Gasteiger partial charge in [0.05, 0.1) is 21.9 Å². The summed E-state index contributed by atoms with van der Waals surface area (Å²) >= 11 is 1.36. The maximum Gasteiger partial charge on any atom is 0.259 e. The molecular weight excluding hydrogens is 453 g/mol. The van der Waals surface area contributed by atoms with E-state index >= 15 is 0 Å².